The normalized spacial score (nSPS) is 19.1. The molecule has 1 aliphatic heterocycles. The van der Waals surface area contributed by atoms with Crippen molar-refractivity contribution in [3.8, 4) is 0 Å². The molecular weight excluding hydrogens is 444 g/mol. The van der Waals surface area contributed by atoms with E-state index in [9.17, 15) is 14.4 Å². The van der Waals surface area contributed by atoms with Gasteiger partial charge in [0, 0.05) is 63.5 Å². The molecule has 2 aliphatic carbocycles. The van der Waals surface area contributed by atoms with Crippen LogP contribution in [0.15, 0.2) is 30.5 Å². The standard InChI is InChI=1S/C26H34N6O3/c1-30-17-22(23(29-30)25(34)27-21-7-2-3-8-21)28-24(33)20-6-4-5-18(15-20)16-31-11-13-32(14-12-31)26(35)19-9-10-19/h4-6,15,17,19,21H,2-3,7-14,16H2,1H3,(H,27,34)(H,28,33). The minimum Gasteiger partial charge on any atom is -0.348 e. The first-order chi connectivity index (χ1) is 17.0. The molecule has 2 N–H and O–H groups in total. The molecule has 0 atom stereocenters. The Kier molecular flexibility index (Phi) is 6.86. The highest BCUT2D eigenvalue weighted by Gasteiger charge is 2.34. The molecule has 1 aromatic heterocycles. The largest absolute Gasteiger partial charge is 0.348 e. The Bertz CT molecular complexity index is 1090. The van der Waals surface area contributed by atoms with Crippen LogP contribution in [0.5, 0.6) is 0 Å². The van der Waals surface area contributed by atoms with E-state index in [1.165, 1.54) is 0 Å². The first-order valence-corrected chi connectivity index (χ1v) is 12.7. The molecule has 3 amide bonds. The lowest BCUT2D eigenvalue weighted by Crippen LogP contribution is -2.48. The van der Waals surface area contributed by atoms with Crippen molar-refractivity contribution in [2.75, 3.05) is 31.5 Å². The molecule has 1 aromatic carbocycles. The molecule has 186 valence electrons. The fourth-order valence-electron chi connectivity index (χ4n) is 5.05. The molecule has 9 nitrogen and oxygen atoms in total. The van der Waals surface area contributed by atoms with E-state index in [-0.39, 0.29) is 29.5 Å². The number of hydrogen-bond donors (Lipinski definition) is 2. The van der Waals surface area contributed by atoms with Gasteiger partial charge >= 0.3 is 0 Å². The van der Waals surface area contributed by atoms with E-state index >= 15 is 0 Å². The number of anilines is 1. The summed E-state index contributed by atoms with van der Waals surface area (Å²) in [5.74, 6) is 0.0661. The molecule has 0 unspecified atom stereocenters. The predicted molar refractivity (Wildman–Crippen MR) is 132 cm³/mol. The zero-order chi connectivity index (χ0) is 24.4. The van der Waals surface area contributed by atoms with Crippen molar-refractivity contribution in [1.82, 2.24) is 24.9 Å². The van der Waals surface area contributed by atoms with Gasteiger partial charge in [-0.1, -0.05) is 25.0 Å². The molecule has 0 radical (unpaired) electrons. The average molecular weight is 479 g/mol. The fraction of sp³-hybridized carbons (Fsp3) is 0.538. The summed E-state index contributed by atoms with van der Waals surface area (Å²) in [5, 5.41) is 10.2. The number of rotatable bonds is 7. The van der Waals surface area contributed by atoms with Gasteiger partial charge in [-0.05, 0) is 43.4 Å². The highest BCUT2D eigenvalue weighted by molar-refractivity contribution is 6.08. The summed E-state index contributed by atoms with van der Waals surface area (Å²) in [5.41, 5.74) is 2.23. The highest BCUT2D eigenvalue weighted by Crippen LogP contribution is 2.31. The van der Waals surface area contributed by atoms with Gasteiger partial charge in [0.1, 0.15) is 0 Å². The lowest BCUT2D eigenvalue weighted by atomic mass is 10.1. The van der Waals surface area contributed by atoms with E-state index < -0.39 is 0 Å². The van der Waals surface area contributed by atoms with Gasteiger partial charge in [-0.2, -0.15) is 5.10 Å². The highest BCUT2D eigenvalue weighted by atomic mass is 16.2. The van der Waals surface area contributed by atoms with Gasteiger partial charge in [-0.25, -0.2) is 0 Å². The average Bonchev–Trinajstić information content (AvgIpc) is 3.46. The number of piperazine rings is 1. The molecule has 2 aromatic rings. The van der Waals surface area contributed by atoms with Crippen molar-refractivity contribution in [2.24, 2.45) is 13.0 Å². The second-order valence-corrected chi connectivity index (χ2v) is 10.1. The molecule has 9 heteroatoms. The minimum atomic E-state index is -0.269. The van der Waals surface area contributed by atoms with Crippen LogP contribution < -0.4 is 10.6 Å². The van der Waals surface area contributed by atoms with Crippen LogP contribution in [0.1, 0.15) is 64.9 Å². The van der Waals surface area contributed by atoms with Gasteiger partial charge in [0.2, 0.25) is 5.91 Å². The number of nitrogens with zero attached hydrogens (tertiary/aromatic N) is 4. The topological polar surface area (TPSA) is 99.6 Å². The van der Waals surface area contributed by atoms with E-state index in [1.807, 2.05) is 23.1 Å². The summed E-state index contributed by atoms with van der Waals surface area (Å²) in [6.07, 6.45) is 7.97. The molecular formula is C26H34N6O3. The first kappa shape index (κ1) is 23.5. The van der Waals surface area contributed by atoms with Crippen molar-refractivity contribution in [3.05, 3.63) is 47.3 Å². The molecule has 0 bridgehead atoms. The number of aryl methyl sites for hydroxylation is 1. The summed E-state index contributed by atoms with van der Waals surface area (Å²) in [7, 11) is 1.74. The monoisotopic (exact) mass is 478 g/mol. The van der Waals surface area contributed by atoms with Gasteiger partial charge in [-0.15, -0.1) is 0 Å². The van der Waals surface area contributed by atoms with Crippen molar-refractivity contribution in [1.29, 1.82) is 0 Å². The number of benzene rings is 1. The molecule has 2 heterocycles. The van der Waals surface area contributed by atoms with Gasteiger partial charge in [0.15, 0.2) is 5.69 Å². The third kappa shape index (κ3) is 5.73. The second-order valence-electron chi connectivity index (χ2n) is 10.1. The molecule has 3 aliphatic rings. The van der Waals surface area contributed by atoms with Gasteiger partial charge < -0.3 is 15.5 Å². The SMILES string of the molecule is Cn1cc(NC(=O)c2cccc(CN3CCN(C(=O)C4CC4)CC3)c2)c(C(=O)NC2CCCC2)n1. The Labute approximate surface area is 205 Å². The van der Waals surface area contributed by atoms with Crippen molar-refractivity contribution < 1.29 is 14.4 Å². The first-order valence-electron chi connectivity index (χ1n) is 12.7. The Hall–Kier alpha value is -3.20. The predicted octanol–water partition coefficient (Wildman–Crippen LogP) is 2.40. The summed E-state index contributed by atoms with van der Waals surface area (Å²) >= 11 is 0. The molecule has 1 saturated heterocycles. The molecule has 3 fully saturated rings. The van der Waals surface area contributed by atoms with Crippen LogP contribution >= 0.6 is 0 Å². The molecule has 5 rings (SSSR count). The van der Waals surface area contributed by atoms with E-state index in [2.05, 4.69) is 20.6 Å². The summed E-state index contributed by atoms with van der Waals surface area (Å²) in [6.45, 7) is 3.94. The van der Waals surface area contributed by atoms with Crippen LogP contribution in [0.3, 0.4) is 0 Å². The zero-order valence-corrected chi connectivity index (χ0v) is 20.3. The van der Waals surface area contributed by atoms with Crippen LogP contribution in [0.25, 0.3) is 0 Å². The number of carbonyl (C=O) groups is 3. The summed E-state index contributed by atoms with van der Waals surface area (Å²) < 4.78 is 1.54. The van der Waals surface area contributed by atoms with Gasteiger partial charge in [0.25, 0.3) is 11.8 Å². The van der Waals surface area contributed by atoms with Crippen molar-refractivity contribution >= 4 is 23.4 Å². The van der Waals surface area contributed by atoms with Gasteiger partial charge in [-0.3, -0.25) is 24.0 Å². The smallest absolute Gasteiger partial charge is 0.274 e. The Morgan fingerprint density at radius 1 is 1.00 bits per heavy atom. The van der Waals surface area contributed by atoms with Crippen LogP contribution in [0.2, 0.25) is 0 Å². The Morgan fingerprint density at radius 3 is 2.46 bits per heavy atom. The van der Waals surface area contributed by atoms with E-state index in [0.29, 0.717) is 17.2 Å². The Balaban J connectivity index is 1.19. The van der Waals surface area contributed by atoms with E-state index in [0.717, 1.165) is 76.8 Å². The van der Waals surface area contributed by atoms with Crippen molar-refractivity contribution in [2.45, 2.75) is 51.1 Å². The lowest BCUT2D eigenvalue weighted by Gasteiger charge is -2.35. The molecule has 35 heavy (non-hydrogen) atoms. The zero-order valence-electron chi connectivity index (χ0n) is 20.3. The number of aromatic nitrogens is 2. The van der Waals surface area contributed by atoms with Crippen LogP contribution in [-0.2, 0) is 18.4 Å². The second kappa shape index (κ2) is 10.2. The van der Waals surface area contributed by atoms with Crippen LogP contribution in [0, 0.1) is 5.92 Å². The number of hydrogen-bond acceptors (Lipinski definition) is 5. The fourth-order valence-corrected chi connectivity index (χ4v) is 5.05. The van der Waals surface area contributed by atoms with E-state index in [1.54, 1.807) is 24.0 Å². The third-order valence-corrected chi connectivity index (χ3v) is 7.19. The van der Waals surface area contributed by atoms with Crippen molar-refractivity contribution in [3.63, 3.8) is 0 Å². The van der Waals surface area contributed by atoms with Gasteiger partial charge in [0.05, 0.1) is 5.69 Å². The third-order valence-electron chi connectivity index (χ3n) is 7.19. The minimum absolute atomic E-state index is 0.179. The maximum absolute atomic E-state index is 13.0. The lowest BCUT2D eigenvalue weighted by molar-refractivity contribution is -0.134. The number of carbonyl (C=O) groups excluding carboxylic acids is 3. The number of nitrogens with one attached hydrogen (secondary N) is 2. The number of amides is 3. The maximum atomic E-state index is 13.0. The van der Waals surface area contributed by atoms with Crippen LogP contribution in [-0.4, -0.2) is 69.5 Å². The quantitative estimate of drug-likeness (QED) is 0.637. The maximum Gasteiger partial charge on any atom is 0.274 e. The van der Waals surface area contributed by atoms with Crippen LogP contribution in [0.4, 0.5) is 5.69 Å². The summed E-state index contributed by atoms with van der Waals surface area (Å²) in [6, 6.07) is 7.75. The summed E-state index contributed by atoms with van der Waals surface area (Å²) in [4.78, 5) is 42.4. The molecule has 2 saturated carbocycles. The van der Waals surface area contributed by atoms with E-state index in [4.69, 9.17) is 0 Å². The molecule has 0 spiro atoms. The Morgan fingerprint density at radius 2 is 1.74 bits per heavy atom.